The molecule has 86 valence electrons. The van der Waals surface area contributed by atoms with Crippen LogP contribution in [0.2, 0.25) is 5.02 Å². The number of hydrogen-bond donors (Lipinski definition) is 0. The lowest BCUT2D eigenvalue weighted by molar-refractivity contribution is -0.189. The van der Waals surface area contributed by atoms with Crippen molar-refractivity contribution in [2.45, 2.75) is 19.2 Å². The standard InChI is InChI=1S/C10H7ClF3NO/c1-6(10(12,13)14)16-9-4-2-3-8(11)7(9)5-15/h2-4,6H,1H3. The highest BCUT2D eigenvalue weighted by atomic mass is 35.5. The molecular formula is C10H7ClF3NO. The van der Waals surface area contributed by atoms with E-state index in [-0.39, 0.29) is 16.3 Å². The van der Waals surface area contributed by atoms with Crippen molar-refractivity contribution in [2.24, 2.45) is 0 Å². The van der Waals surface area contributed by atoms with Crippen LogP contribution in [0.3, 0.4) is 0 Å². The van der Waals surface area contributed by atoms with Gasteiger partial charge in [-0.15, -0.1) is 0 Å². The van der Waals surface area contributed by atoms with Crippen LogP contribution in [0, 0.1) is 11.3 Å². The Morgan fingerprint density at radius 1 is 1.44 bits per heavy atom. The second-order valence-electron chi connectivity index (χ2n) is 3.03. The summed E-state index contributed by atoms with van der Waals surface area (Å²) in [5.41, 5.74) is -0.0970. The zero-order valence-corrected chi connectivity index (χ0v) is 8.93. The third-order valence-corrected chi connectivity index (χ3v) is 2.17. The molecule has 0 bridgehead atoms. The highest BCUT2D eigenvalue weighted by molar-refractivity contribution is 6.31. The maximum absolute atomic E-state index is 12.2. The Labute approximate surface area is 95.2 Å². The first-order valence-corrected chi connectivity index (χ1v) is 4.66. The largest absolute Gasteiger partial charge is 0.480 e. The van der Waals surface area contributed by atoms with Gasteiger partial charge in [0.25, 0.3) is 0 Å². The molecule has 0 heterocycles. The molecule has 6 heteroatoms. The maximum Gasteiger partial charge on any atom is 0.425 e. The molecule has 0 saturated heterocycles. The molecule has 0 N–H and O–H groups in total. The van der Waals surface area contributed by atoms with E-state index in [2.05, 4.69) is 4.74 Å². The Balaban J connectivity index is 2.99. The summed E-state index contributed by atoms with van der Waals surface area (Å²) in [6.07, 6.45) is -6.47. The maximum atomic E-state index is 12.2. The van der Waals surface area contributed by atoms with Crippen molar-refractivity contribution in [3.63, 3.8) is 0 Å². The minimum atomic E-state index is -4.48. The zero-order chi connectivity index (χ0) is 12.3. The molecule has 0 saturated carbocycles. The normalized spacial score (nSPS) is 13.0. The number of nitrogens with zero attached hydrogens (tertiary/aromatic N) is 1. The van der Waals surface area contributed by atoms with Crippen LogP contribution in [0.5, 0.6) is 5.75 Å². The van der Waals surface area contributed by atoms with Gasteiger partial charge in [0.05, 0.1) is 5.02 Å². The molecule has 1 rings (SSSR count). The van der Waals surface area contributed by atoms with Crippen molar-refractivity contribution in [2.75, 3.05) is 0 Å². The van der Waals surface area contributed by atoms with Crippen LogP contribution < -0.4 is 4.74 Å². The van der Waals surface area contributed by atoms with Gasteiger partial charge in [-0.3, -0.25) is 0 Å². The molecular weight excluding hydrogens is 243 g/mol. The van der Waals surface area contributed by atoms with Gasteiger partial charge in [0.15, 0.2) is 6.10 Å². The molecule has 0 radical (unpaired) electrons. The van der Waals surface area contributed by atoms with Gasteiger partial charge in [-0.05, 0) is 19.1 Å². The van der Waals surface area contributed by atoms with Crippen LogP contribution in [-0.2, 0) is 0 Å². The Kier molecular flexibility index (Phi) is 3.66. The number of nitriles is 1. The van der Waals surface area contributed by atoms with Crippen molar-refractivity contribution in [1.29, 1.82) is 5.26 Å². The van der Waals surface area contributed by atoms with Gasteiger partial charge < -0.3 is 4.74 Å². The van der Waals surface area contributed by atoms with Gasteiger partial charge in [-0.1, -0.05) is 17.7 Å². The number of benzene rings is 1. The van der Waals surface area contributed by atoms with E-state index in [9.17, 15) is 13.2 Å². The molecule has 1 aromatic carbocycles. The number of hydrogen-bond acceptors (Lipinski definition) is 2. The highest BCUT2D eigenvalue weighted by Crippen LogP contribution is 2.30. The van der Waals surface area contributed by atoms with Gasteiger partial charge >= 0.3 is 6.18 Å². The molecule has 0 spiro atoms. The Hall–Kier alpha value is -1.41. The summed E-state index contributed by atoms with van der Waals surface area (Å²) in [4.78, 5) is 0. The number of ether oxygens (including phenoxy) is 1. The minimum absolute atomic E-state index is 0.0642. The molecule has 0 fully saturated rings. The van der Waals surface area contributed by atoms with Crippen molar-refractivity contribution in [1.82, 2.24) is 0 Å². The van der Waals surface area contributed by atoms with E-state index in [0.717, 1.165) is 6.92 Å². The lowest BCUT2D eigenvalue weighted by atomic mass is 10.2. The number of halogens is 4. The average molecular weight is 250 g/mol. The van der Waals surface area contributed by atoms with Crippen LogP contribution in [0.15, 0.2) is 18.2 Å². The first-order chi connectivity index (χ1) is 7.36. The summed E-state index contributed by atoms with van der Waals surface area (Å²) in [5.74, 6) is -0.167. The van der Waals surface area contributed by atoms with Crippen LogP contribution in [0.25, 0.3) is 0 Å². The fourth-order valence-corrected chi connectivity index (χ4v) is 1.18. The van der Waals surface area contributed by atoms with Crippen molar-refractivity contribution < 1.29 is 17.9 Å². The fourth-order valence-electron chi connectivity index (χ4n) is 0.968. The summed E-state index contributed by atoms with van der Waals surface area (Å²) in [5, 5.41) is 8.78. The molecule has 16 heavy (non-hydrogen) atoms. The summed E-state index contributed by atoms with van der Waals surface area (Å²) in [6, 6.07) is 5.79. The summed E-state index contributed by atoms with van der Waals surface area (Å²) in [6.45, 7) is 0.863. The Bertz CT molecular complexity index is 425. The molecule has 0 aromatic heterocycles. The van der Waals surface area contributed by atoms with E-state index < -0.39 is 12.3 Å². The second-order valence-corrected chi connectivity index (χ2v) is 3.43. The lowest BCUT2D eigenvalue weighted by Gasteiger charge is -2.18. The summed E-state index contributed by atoms with van der Waals surface area (Å²) >= 11 is 5.64. The van der Waals surface area contributed by atoms with Crippen LogP contribution in [0.1, 0.15) is 12.5 Å². The molecule has 2 nitrogen and oxygen atoms in total. The summed E-state index contributed by atoms with van der Waals surface area (Å²) in [7, 11) is 0. The van der Waals surface area contributed by atoms with Gasteiger partial charge in [-0.25, -0.2) is 0 Å². The topological polar surface area (TPSA) is 33.0 Å². The van der Waals surface area contributed by atoms with Gasteiger partial charge in [0, 0.05) is 0 Å². The SMILES string of the molecule is CC(Oc1cccc(Cl)c1C#N)C(F)(F)F. The van der Waals surface area contributed by atoms with E-state index in [1.807, 2.05) is 0 Å². The predicted molar refractivity (Wildman–Crippen MR) is 52.3 cm³/mol. The van der Waals surface area contributed by atoms with E-state index in [0.29, 0.717) is 0 Å². The van der Waals surface area contributed by atoms with E-state index in [1.54, 1.807) is 6.07 Å². The third-order valence-electron chi connectivity index (χ3n) is 1.85. The predicted octanol–water partition coefficient (Wildman–Crippen LogP) is 3.54. The Morgan fingerprint density at radius 3 is 2.56 bits per heavy atom. The molecule has 0 aliphatic heterocycles. The van der Waals surface area contributed by atoms with Crippen molar-refractivity contribution in [3.8, 4) is 11.8 Å². The van der Waals surface area contributed by atoms with E-state index >= 15 is 0 Å². The summed E-state index contributed by atoms with van der Waals surface area (Å²) < 4.78 is 41.3. The minimum Gasteiger partial charge on any atom is -0.480 e. The molecule has 1 atom stereocenters. The molecule has 0 aliphatic rings. The van der Waals surface area contributed by atoms with Crippen LogP contribution >= 0.6 is 11.6 Å². The van der Waals surface area contributed by atoms with E-state index in [1.165, 1.54) is 18.2 Å². The number of alkyl halides is 3. The van der Waals surface area contributed by atoms with Crippen LogP contribution in [-0.4, -0.2) is 12.3 Å². The molecule has 1 aromatic rings. The van der Waals surface area contributed by atoms with E-state index in [4.69, 9.17) is 16.9 Å². The molecule has 0 aliphatic carbocycles. The highest BCUT2D eigenvalue weighted by Gasteiger charge is 2.38. The average Bonchev–Trinajstić information content (AvgIpc) is 2.16. The van der Waals surface area contributed by atoms with Crippen molar-refractivity contribution >= 4 is 11.6 Å². The van der Waals surface area contributed by atoms with Gasteiger partial charge in [0.2, 0.25) is 0 Å². The fraction of sp³-hybridized carbons (Fsp3) is 0.300. The first-order valence-electron chi connectivity index (χ1n) is 4.28. The van der Waals surface area contributed by atoms with Crippen LogP contribution in [0.4, 0.5) is 13.2 Å². The zero-order valence-electron chi connectivity index (χ0n) is 8.18. The number of rotatable bonds is 2. The third kappa shape index (κ3) is 2.80. The molecule has 1 unspecified atom stereocenters. The smallest absolute Gasteiger partial charge is 0.425 e. The quantitative estimate of drug-likeness (QED) is 0.803. The molecule has 0 amide bonds. The Morgan fingerprint density at radius 2 is 2.06 bits per heavy atom. The first kappa shape index (κ1) is 12.7. The van der Waals surface area contributed by atoms with Crippen molar-refractivity contribution in [3.05, 3.63) is 28.8 Å². The lowest BCUT2D eigenvalue weighted by Crippen LogP contribution is -2.31. The monoisotopic (exact) mass is 249 g/mol. The van der Waals surface area contributed by atoms with Gasteiger partial charge in [0.1, 0.15) is 17.4 Å². The van der Waals surface area contributed by atoms with Gasteiger partial charge in [-0.2, -0.15) is 18.4 Å². The second kappa shape index (κ2) is 4.62.